The molecule has 2 atom stereocenters. The molecule has 0 saturated heterocycles. The molecule has 3 N–H and O–H groups in total. The van der Waals surface area contributed by atoms with Gasteiger partial charge >= 0.3 is 0 Å². The van der Waals surface area contributed by atoms with Crippen LogP contribution in [0.15, 0.2) is 11.6 Å². The van der Waals surface area contributed by atoms with Gasteiger partial charge in [0.2, 0.25) is 5.91 Å². The maximum Gasteiger partial charge on any atom is 0.224 e. The van der Waals surface area contributed by atoms with Gasteiger partial charge in [-0.05, 0) is 18.8 Å². The number of hydrogen-bond acceptors (Lipinski definition) is 4. The molecule has 18 heavy (non-hydrogen) atoms. The highest BCUT2D eigenvalue weighted by molar-refractivity contribution is 7.09. The average Bonchev–Trinajstić information content (AvgIpc) is 2.77. The number of thiazole rings is 1. The number of carbonyl (C=O) groups is 1. The molecule has 0 aliphatic heterocycles. The lowest BCUT2D eigenvalue weighted by Gasteiger charge is -2.25. The van der Waals surface area contributed by atoms with Crippen molar-refractivity contribution in [3.8, 4) is 0 Å². The van der Waals surface area contributed by atoms with E-state index >= 15 is 0 Å². The topological polar surface area (TPSA) is 68.0 Å². The minimum Gasteiger partial charge on any atom is -0.347 e. The van der Waals surface area contributed by atoms with Crippen LogP contribution in [0.25, 0.3) is 0 Å². The highest BCUT2D eigenvalue weighted by atomic mass is 32.1. The summed E-state index contributed by atoms with van der Waals surface area (Å²) in [5.74, 6) is -0.109. The SMILES string of the molecule is CC(NC(=O)C(CN)CC(C)(C)C)c1nccs1. The van der Waals surface area contributed by atoms with E-state index in [4.69, 9.17) is 5.73 Å². The second-order valence-corrected chi connectivity index (χ2v) is 6.72. The summed E-state index contributed by atoms with van der Waals surface area (Å²) in [6, 6.07) is -0.0495. The van der Waals surface area contributed by atoms with Gasteiger partial charge in [-0.1, -0.05) is 20.8 Å². The maximum absolute atomic E-state index is 12.1. The number of carbonyl (C=O) groups excluding carboxylic acids is 1. The van der Waals surface area contributed by atoms with Gasteiger partial charge in [-0.2, -0.15) is 0 Å². The number of nitrogens with zero attached hydrogens (tertiary/aromatic N) is 1. The molecule has 1 rings (SSSR count). The predicted octanol–water partition coefficient (Wildman–Crippen LogP) is 2.33. The Morgan fingerprint density at radius 2 is 2.22 bits per heavy atom. The van der Waals surface area contributed by atoms with Crippen LogP contribution in [0.3, 0.4) is 0 Å². The number of nitrogens with one attached hydrogen (secondary N) is 1. The summed E-state index contributed by atoms with van der Waals surface area (Å²) in [5, 5.41) is 5.82. The monoisotopic (exact) mass is 269 g/mol. The molecule has 1 heterocycles. The first kappa shape index (κ1) is 15.1. The highest BCUT2D eigenvalue weighted by Crippen LogP contribution is 2.25. The van der Waals surface area contributed by atoms with Crippen molar-refractivity contribution in [3.05, 3.63) is 16.6 Å². The highest BCUT2D eigenvalue weighted by Gasteiger charge is 2.25. The summed E-state index contributed by atoms with van der Waals surface area (Å²) in [6.07, 6.45) is 2.54. The largest absolute Gasteiger partial charge is 0.347 e. The van der Waals surface area contributed by atoms with E-state index in [9.17, 15) is 4.79 Å². The average molecular weight is 269 g/mol. The van der Waals surface area contributed by atoms with Crippen LogP contribution < -0.4 is 11.1 Å². The summed E-state index contributed by atoms with van der Waals surface area (Å²) >= 11 is 1.55. The van der Waals surface area contributed by atoms with E-state index in [1.165, 1.54) is 0 Å². The molecule has 0 bridgehead atoms. The van der Waals surface area contributed by atoms with E-state index in [1.54, 1.807) is 17.5 Å². The fraction of sp³-hybridized carbons (Fsp3) is 0.692. The lowest BCUT2D eigenvalue weighted by Crippen LogP contribution is -2.38. The van der Waals surface area contributed by atoms with E-state index in [2.05, 4.69) is 31.1 Å². The molecule has 0 radical (unpaired) electrons. The number of rotatable bonds is 5. The molecular weight excluding hydrogens is 246 g/mol. The first-order chi connectivity index (χ1) is 8.33. The standard InChI is InChI=1S/C13H23N3OS/c1-9(12-15-5-6-18-12)16-11(17)10(8-14)7-13(2,3)4/h5-6,9-10H,7-8,14H2,1-4H3,(H,16,17). The molecule has 102 valence electrons. The Bertz CT molecular complexity index is 370. The predicted molar refractivity (Wildman–Crippen MR) is 75.3 cm³/mol. The number of aromatic nitrogens is 1. The van der Waals surface area contributed by atoms with Crippen LogP contribution in [-0.2, 0) is 4.79 Å². The van der Waals surface area contributed by atoms with Gasteiger partial charge in [-0.3, -0.25) is 4.79 Å². The van der Waals surface area contributed by atoms with E-state index in [-0.39, 0.29) is 23.3 Å². The van der Waals surface area contributed by atoms with Crippen LogP contribution in [0.2, 0.25) is 0 Å². The van der Waals surface area contributed by atoms with E-state index in [0.29, 0.717) is 6.54 Å². The molecule has 1 amide bonds. The van der Waals surface area contributed by atoms with Gasteiger partial charge in [0.1, 0.15) is 5.01 Å². The summed E-state index contributed by atoms with van der Waals surface area (Å²) in [6.45, 7) is 8.68. The molecule has 5 heteroatoms. The third-order valence-corrected chi connectivity index (χ3v) is 3.65. The first-order valence-corrected chi connectivity index (χ1v) is 7.11. The Labute approximate surface area is 113 Å². The second kappa shape index (κ2) is 6.29. The zero-order valence-corrected chi connectivity index (χ0v) is 12.4. The van der Waals surface area contributed by atoms with Crippen LogP contribution in [0, 0.1) is 11.3 Å². The Hall–Kier alpha value is -0.940. The van der Waals surface area contributed by atoms with Crippen LogP contribution >= 0.6 is 11.3 Å². The minimum absolute atomic E-state index is 0.0233. The summed E-state index contributed by atoms with van der Waals surface area (Å²) in [5.41, 5.74) is 5.80. The number of nitrogens with two attached hydrogens (primary N) is 1. The van der Waals surface area contributed by atoms with Crippen LogP contribution in [-0.4, -0.2) is 17.4 Å². The Kier molecular flexibility index (Phi) is 5.28. The van der Waals surface area contributed by atoms with Crippen molar-refractivity contribution in [2.45, 2.75) is 40.2 Å². The van der Waals surface area contributed by atoms with Gasteiger partial charge in [-0.15, -0.1) is 11.3 Å². The molecular formula is C13H23N3OS. The van der Waals surface area contributed by atoms with Crippen molar-refractivity contribution in [1.82, 2.24) is 10.3 Å². The molecule has 0 aliphatic rings. The number of amides is 1. The first-order valence-electron chi connectivity index (χ1n) is 6.23. The van der Waals surface area contributed by atoms with Crippen LogP contribution in [0.4, 0.5) is 0 Å². The van der Waals surface area contributed by atoms with Crippen LogP contribution in [0.5, 0.6) is 0 Å². The van der Waals surface area contributed by atoms with E-state index in [1.807, 2.05) is 12.3 Å². The Morgan fingerprint density at radius 1 is 1.56 bits per heavy atom. The zero-order valence-electron chi connectivity index (χ0n) is 11.6. The third-order valence-electron chi connectivity index (χ3n) is 2.69. The molecule has 0 fully saturated rings. The van der Waals surface area contributed by atoms with Crippen LogP contribution in [0.1, 0.15) is 45.2 Å². The molecule has 0 saturated carbocycles. The quantitative estimate of drug-likeness (QED) is 0.862. The van der Waals surface area contributed by atoms with Crippen molar-refractivity contribution >= 4 is 17.2 Å². The zero-order chi connectivity index (χ0) is 13.8. The molecule has 0 aliphatic carbocycles. The summed E-state index contributed by atoms with van der Waals surface area (Å²) in [4.78, 5) is 16.3. The molecule has 4 nitrogen and oxygen atoms in total. The summed E-state index contributed by atoms with van der Waals surface area (Å²) < 4.78 is 0. The Morgan fingerprint density at radius 3 is 2.67 bits per heavy atom. The molecule has 0 spiro atoms. The van der Waals surface area contributed by atoms with Crippen molar-refractivity contribution in [2.75, 3.05) is 6.54 Å². The lowest BCUT2D eigenvalue weighted by atomic mass is 9.84. The van der Waals surface area contributed by atoms with Crippen molar-refractivity contribution in [2.24, 2.45) is 17.1 Å². The molecule has 1 aromatic rings. The van der Waals surface area contributed by atoms with Gasteiger partial charge in [0.25, 0.3) is 0 Å². The fourth-order valence-electron chi connectivity index (χ4n) is 1.86. The van der Waals surface area contributed by atoms with Crippen molar-refractivity contribution in [3.63, 3.8) is 0 Å². The van der Waals surface area contributed by atoms with Gasteiger partial charge in [0, 0.05) is 18.1 Å². The van der Waals surface area contributed by atoms with Gasteiger partial charge < -0.3 is 11.1 Å². The molecule has 0 aromatic carbocycles. The van der Waals surface area contributed by atoms with E-state index in [0.717, 1.165) is 11.4 Å². The molecule has 1 aromatic heterocycles. The van der Waals surface area contributed by atoms with E-state index < -0.39 is 0 Å². The smallest absolute Gasteiger partial charge is 0.224 e. The van der Waals surface area contributed by atoms with Gasteiger partial charge in [0.05, 0.1) is 12.0 Å². The maximum atomic E-state index is 12.1. The normalized spacial score (nSPS) is 15.2. The number of hydrogen-bond donors (Lipinski definition) is 2. The second-order valence-electron chi connectivity index (χ2n) is 5.80. The third kappa shape index (κ3) is 4.74. The lowest BCUT2D eigenvalue weighted by molar-refractivity contribution is -0.126. The molecule has 2 unspecified atom stereocenters. The summed E-state index contributed by atoms with van der Waals surface area (Å²) in [7, 11) is 0. The van der Waals surface area contributed by atoms with Crippen molar-refractivity contribution in [1.29, 1.82) is 0 Å². The van der Waals surface area contributed by atoms with Gasteiger partial charge in [-0.25, -0.2) is 4.98 Å². The van der Waals surface area contributed by atoms with Gasteiger partial charge in [0.15, 0.2) is 0 Å². The fourth-order valence-corrected chi connectivity index (χ4v) is 2.51. The Balaban J connectivity index is 2.57. The minimum atomic E-state index is -0.132. The van der Waals surface area contributed by atoms with Crippen molar-refractivity contribution < 1.29 is 4.79 Å².